The number of nitrogens with one attached hydrogen (secondary N) is 1. The molecule has 0 fully saturated rings. The van der Waals surface area contributed by atoms with E-state index in [0.29, 0.717) is 23.4 Å². The van der Waals surface area contributed by atoms with Crippen LogP contribution in [0, 0.1) is 6.92 Å². The van der Waals surface area contributed by atoms with Crippen molar-refractivity contribution in [3.8, 4) is 0 Å². The second kappa shape index (κ2) is 5.69. The van der Waals surface area contributed by atoms with E-state index in [1.54, 1.807) is 6.92 Å². The van der Waals surface area contributed by atoms with E-state index in [1.165, 1.54) is 5.56 Å². The van der Waals surface area contributed by atoms with Gasteiger partial charge in [0.25, 0.3) is 5.91 Å². The van der Waals surface area contributed by atoms with Gasteiger partial charge in [0.1, 0.15) is 11.3 Å². The monoisotopic (exact) mass is 258 g/mol. The van der Waals surface area contributed by atoms with Crippen LogP contribution in [-0.2, 0) is 12.8 Å². The van der Waals surface area contributed by atoms with Gasteiger partial charge in [0.15, 0.2) is 0 Å². The highest BCUT2D eigenvalue weighted by Crippen LogP contribution is 2.17. The van der Waals surface area contributed by atoms with Crippen LogP contribution in [-0.4, -0.2) is 11.1 Å². The van der Waals surface area contributed by atoms with Gasteiger partial charge in [0.2, 0.25) is 0 Å². The average molecular weight is 258 g/mol. The molecule has 1 N–H and O–H groups in total. The first-order chi connectivity index (χ1) is 9.15. The summed E-state index contributed by atoms with van der Waals surface area (Å²) in [4.78, 5) is 12.3. The summed E-state index contributed by atoms with van der Waals surface area (Å²) in [5, 5.41) is 6.79. The molecule has 0 atom stereocenters. The van der Waals surface area contributed by atoms with E-state index >= 15 is 0 Å². The van der Waals surface area contributed by atoms with Crippen LogP contribution in [0.15, 0.2) is 28.8 Å². The molecule has 2 aromatic rings. The van der Waals surface area contributed by atoms with Crippen molar-refractivity contribution >= 4 is 11.6 Å². The van der Waals surface area contributed by atoms with Crippen molar-refractivity contribution in [1.29, 1.82) is 0 Å². The van der Waals surface area contributed by atoms with Gasteiger partial charge in [-0.25, -0.2) is 0 Å². The van der Waals surface area contributed by atoms with Gasteiger partial charge in [-0.2, -0.15) is 0 Å². The van der Waals surface area contributed by atoms with Gasteiger partial charge in [-0.3, -0.25) is 4.79 Å². The van der Waals surface area contributed by atoms with E-state index in [-0.39, 0.29) is 5.91 Å². The molecule has 0 aliphatic rings. The molecule has 0 spiro atoms. The lowest BCUT2D eigenvalue weighted by molar-refractivity contribution is 0.102. The summed E-state index contributed by atoms with van der Waals surface area (Å²) < 4.78 is 5.08. The Bertz CT molecular complexity index is 588. The fourth-order valence-corrected chi connectivity index (χ4v) is 2.01. The molecule has 0 saturated carbocycles. The zero-order valence-corrected chi connectivity index (χ0v) is 11.5. The van der Waals surface area contributed by atoms with Gasteiger partial charge in [-0.15, -0.1) is 0 Å². The van der Waals surface area contributed by atoms with Crippen LogP contribution in [0.25, 0.3) is 0 Å². The summed E-state index contributed by atoms with van der Waals surface area (Å²) in [6, 6.07) is 7.84. The van der Waals surface area contributed by atoms with Crippen molar-refractivity contribution in [3.63, 3.8) is 0 Å². The molecule has 0 unspecified atom stereocenters. The molecular weight excluding hydrogens is 240 g/mol. The number of benzene rings is 1. The molecule has 1 aromatic heterocycles. The lowest BCUT2D eigenvalue weighted by Crippen LogP contribution is -2.14. The molecule has 0 saturated heterocycles. The maximum absolute atomic E-state index is 12.3. The third-order valence-corrected chi connectivity index (χ3v) is 3.09. The maximum atomic E-state index is 12.3. The summed E-state index contributed by atoms with van der Waals surface area (Å²) in [6.07, 6.45) is 1.62. The van der Waals surface area contributed by atoms with Crippen molar-refractivity contribution in [1.82, 2.24) is 5.16 Å². The third-order valence-electron chi connectivity index (χ3n) is 3.09. The Morgan fingerprint density at radius 3 is 2.79 bits per heavy atom. The van der Waals surface area contributed by atoms with Crippen molar-refractivity contribution in [2.24, 2.45) is 0 Å². The quantitative estimate of drug-likeness (QED) is 0.914. The highest BCUT2D eigenvalue weighted by molar-refractivity contribution is 6.05. The predicted octanol–water partition coefficient (Wildman–Crippen LogP) is 3.36. The van der Waals surface area contributed by atoms with E-state index in [1.807, 2.05) is 31.2 Å². The number of carbonyl (C=O) groups excluding carboxylic acids is 1. The zero-order valence-electron chi connectivity index (χ0n) is 11.5. The van der Waals surface area contributed by atoms with Gasteiger partial charge in [0.05, 0.1) is 5.69 Å². The molecule has 4 heteroatoms. The van der Waals surface area contributed by atoms with E-state index in [9.17, 15) is 4.79 Å². The molecule has 0 radical (unpaired) electrons. The van der Waals surface area contributed by atoms with E-state index in [0.717, 1.165) is 12.1 Å². The fourth-order valence-electron chi connectivity index (χ4n) is 2.01. The predicted molar refractivity (Wildman–Crippen MR) is 74.4 cm³/mol. The van der Waals surface area contributed by atoms with Gasteiger partial charge < -0.3 is 9.84 Å². The van der Waals surface area contributed by atoms with Crippen molar-refractivity contribution in [2.75, 3.05) is 5.32 Å². The molecule has 1 amide bonds. The highest BCUT2D eigenvalue weighted by atomic mass is 16.5. The van der Waals surface area contributed by atoms with Crippen LogP contribution in [0.2, 0.25) is 0 Å². The summed E-state index contributed by atoms with van der Waals surface area (Å²) in [7, 11) is 0. The Kier molecular flexibility index (Phi) is 4.00. The number of aromatic nitrogens is 1. The topological polar surface area (TPSA) is 55.1 Å². The van der Waals surface area contributed by atoms with Crippen LogP contribution in [0.1, 0.15) is 41.2 Å². The highest BCUT2D eigenvalue weighted by Gasteiger charge is 2.19. The van der Waals surface area contributed by atoms with Crippen LogP contribution in [0.3, 0.4) is 0 Å². The number of nitrogens with zero attached hydrogens (tertiary/aromatic N) is 1. The summed E-state index contributed by atoms with van der Waals surface area (Å²) >= 11 is 0. The lowest BCUT2D eigenvalue weighted by atomic mass is 10.1. The minimum Gasteiger partial charge on any atom is -0.361 e. The third kappa shape index (κ3) is 2.84. The number of hydrogen-bond donors (Lipinski definition) is 1. The lowest BCUT2D eigenvalue weighted by Gasteiger charge is -2.06. The first-order valence-electron chi connectivity index (χ1n) is 6.51. The number of anilines is 1. The van der Waals surface area contributed by atoms with Gasteiger partial charge in [-0.05, 0) is 37.5 Å². The number of amides is 1. The fraction of sp³-hybridized carbons (Fsp3) is 0.333. The van der Waals surface area contributed by atoms with Crippen molar-refractivity contribution < 1.29 is 9.32 Å². The van der Waals surface area contributed by atoms with Gasteiger partial charge >= 0.3 is 0 Å². The van der Waals surface area contributed by atoms with Crippen molar-refractivity contribution in [3.05, 3.63) is 46.8 Å². The molecule has 0 aliphatic carbocycles. The minimum absolute atomic E-state index is 0.163. The van der Waals surface area contributed by atoms with Gasteiger partial charge in [-0.1, -0.05) is 31.1 Å². The Morgan fingerprint density at radius 2 is 2.11 bits per heavy atom. The largest absolute Gasteiger partial charge is 0.361 e. The Balaban J connectivity index is 2.23. The van der Waals surface area contributed by atoms with Crippen LogP contribution >= 0.6 is 0 Å². The Morgan fingerprint density at radius 1 is 1.32 bits per heavy atom. The van der Waals surface area contributed by atoms with E-state index in [4.69, 9.17) is 4.52 Å². The standard InChI is InChI=1S/C15H18N2O2/c1-4-11-7-6-8-12(9-11)16-15(18)14-10(3)19-17-13(14)5-2/h6-9H,4-5H2,1-3H3,(H,16,18). The molecule has 2 rings (SSSR count). The molecule has 0 aliphatic heterocycles. The Hall–Kier alpha value is -2.10. The first-order valence-corrected chi connectivity index (χ1v) is 6.51. The molecule has 1 heterocycles. The van der Waals surface area contributed by atoms with Crippen LogP contribution in [0.5, 0.6) is 0 Å². The second-order valence-electron chi connectivity index (χ2n) is 4.42. The normalized spacial score (nSPS) is 10.5. The molecule has 4 nitrogen and oxygen atoms in total. The minimum atomic E-state index is -0.163. The molecule has 1 aromatic carbocycles. The molecule has 19 heavy (non-hydrogen) atoms. The molecular formula is C15H18N2O2. The Labute approximate surface area is 112 Å². The van der Waals surface area contributed by atoms with Crippen LogP contribution < -0.4 is 5.32 Å². The van der Waals surface area contributed by atoms with Crippen molar-refractivity contribution in [2.45, 2.75) is 33.6 Å². The summed E-state index contributed by atoms with van der Waals surface area (Å²) in [5.74, 6) is 0.393. The molecule has 0 bridgehead atoms. The maximum Gasteiger partial charge on any atom is 0.261 e. The smallest absolute Gasteiger partial charge is 0.261 e. The first kappa shape index (κ1) is 13.3. The van der Waals surface area contributed by atoms with E-state index in [2.05, 4.69) is 17.4 Å². The zero-order chi connectivity index (χ0) is 13.8. The summed E-state index contributed by atoms with van der Waals surface area (Å²) in [6.45, 7) is 5.79. The number of hydrogen-bond acceptors (Lipinski definition) is 3. The average Bonchev–Trinajstić information content (AvgIpc) is 2.80. The van der Waals surface area contributed by atoms with Gasteiger partial charge in [0, 0.05) is 5.69 Å². The van der Waals surface area contributed by atoms with Crippen LogP contribution in [0.4, 0.5) is 5.69 Å². The van der Waals surface area contributed by atoms with E-state index < -0.39 is 0 Å². The molecule has 100 valence electrons. The number of carbonyl (C=O) groups is 1. The summed E-state index contributed by atoms with van der Waals surface area (Å²) in [5.41, 5.74) is 3.23. The second-order valence-corrected chi connectivity index (χ2v) is 4.42. The number of rotatable bonds is 4. The SMILES string of the molecule is CCc1cccc(NC(=O)c2c(CC)noc2C)c1. The number of aryl methyl sites for hydroxylation is 3.